The van der Waals surface area contributed by atoms with Gasteiger partial charge in [-0.2, -0.15) is 0 Å². The fourth-order valence-electron chi connectivity index (χ4n) is 2.15. The van der Waals surface area contributed by atoms with Crippen molar-refractivity contribution < 1.29 is 19.1 Å². The number of carbonyl (C=O) groups is 1. The lowest BCUT2D eigenvalue weighted by atomic mass is 9.98. The Bertz CT molecular complexity index is 598. The molecule has 0 aliphatic carbocycles. The van der Waals surface area contributed by atoms with E-state index in [1.165, 1.54) is 12.3 Å². The van der Waals surface area contributed by atoms with E-state index in [0.29, 0.717) is 16.9 Å². The molecule has 3 rings (SSSR count). The molecule has 96 valence electrons. The van der Waals surface area contributed by atoms with Gasteiger partial charge in [0.25, 0.3) is 0 Å². The molecule has 1 N–H and O–H groups in total. The number of esters is 1. The Labute approximate surface area is 109 Å². The van der Waals surface area contributed by atoms with Gasteiger partial charge in [-0.25, -0.2) is 4.79 Å². The number of aliphatic hydroxyl groups is 1. The van der Waals surface area contributed by atoms with Crippen LogP contribution in [0.4, 0.5) is 0 Å². The molecule has 0 spiro atoms. The quantitative estimate of drug-likeness (QED) is 0.856. The predicted molar refractivity (Wildman–Crippen MR) is 68.0 cm³/mol. The summed E-state index contributed by atoms with van der Waals surface area (Å²) in [5.74, 6) is 0.0669. The summed E-state index contributed by atoms with van der Waals surface area (Å²) in [6.07, 6.45) is 1.23. The number of ether oxygens (including phenoxy) is 1. The number of hydrogen-bond donors (Lipinski definition) is 1. The summed E-state index contributed by atoms with van der Waals surface area (Å²) in [5.41, 5.74) is 1.26. The largest absolute Gasteiger partial charge is 0.465 e. The summed E-state index contributed by atoms with van der Waals surface area (Å²) >= 11 is 0. The van der Waals surface area contributed by atoms with Gasteiger partial charge in [-0.1, -0.05) is 30.3 Å². The van der Waals surface area contributed by atoms with Crippen molar-refractivity contribution in [2.45, 2.75) is 12.2 Å². The molecule has 0 saturated heterocycles. The number of rotatable bonds is 3. The van der Waals surface area contributed by atoms with Crippen LogP contribution in [0.3, 0.4) is 0 Å². The fourth-order valence-corrected chi connectivity index (χ4v) is 2.15. The number of carbonyl (C=O) groups excluding carboxylic acids is 1. The van der Waals surface area contributed by atoms with Crippen molar-refractivity contribution in [2.75, 3.05) is 0 Å². The molecule has 0 saturated carbocycles. The van der Waals surface area contributed by atoms with Gasteiger partial charge in [-0.05, 0) is 17.7 Å². The van der Waals surface area contributed by atoms with Crippen molar-refractivity contribution in [3.63, 3.8) is 0 Å². The lowest BCUT2D eigenvalue weighted by molar-refractivity contribution is -0.142. The molecule has 0 amide bonds. The van der Waals surface area contributed by atoms with Crippen LogP contribution >= 0.6 is 0 Å². The zero-order valence-corrected chi connectivity index (χ0v) is 10.0. The smallest absolute Gasteiger partial charge is 0.332 e. The first-order valence-corrected chi connectivity index (χ1v) is 5.95. The van der Waals surface area contributed by atoms with Crippen LogP contribution < -0.4 is 0 Å². The maximum Gasteiger partial charge on any atom is 0.332 e. The first-order chi connectivity index (χ1) is 9.25. The third-order valence-corrected chi connectivity index (χ3v) is 3.06. The van der Waals surface area contributed by atoms with E-state index in [4.69, 9.17) is 9.15 Å². The second-order valence-corrected chi connectivity index (χ2v) is 4.29. The third-order valence-electron chi connectivity index (χ3n) is 3.06. The molecule has 1 aromatic carbocycles. The van der Waals surface area contributed by atoms with Crippen LogP contribution in [0.1, 0.15) is 17.4 Å². The van der Waals surface area contributed by atoms with Crippen molar-refractivity contribution in [2.24, 2.45) is 0 Å². The summed E-state index contributed by atoms with van der Waals surface area (Å²) in [4.78, 5) is 11.4. The molecule has 0 radical (unpaired) electrons. The maximum absolute atomic E-state index is 11.4. The molecular weight excluding hydrogens is 244 g/mol. The monoisotopic (exact) mass is 256 g/mol. The summed E-state index contributed by atoms with van der Waals surface area (Å²) in [7, 11) is 0. The van der Waals surface area contributed by atoms with E-state index in [0.717, 1.165) is 0 Å². The Morgan fingerprint density at radius 2 is 1.89 bits per heavy atom. The minimum Gasteiger partial charge on any atom is -0.465 e. The zero-order chi connectivity index (χ0) is 13.2. The Morgan fingerprint density at radius 3 is 2.58 bits per heavy atom. The van der Waals surface area contributed by atoms with E-state index in [1.54, 1.807) is 24.3 Å². The maximum atomic E-state index is 11.4. The lowest BCUT2D eigenvalue weighted by Gasteiger charge is -2.19. The first-order valence-electron chi connectivity index (χ1n) is 5.95. The van der Waals surface area contributed by atoms with E-state index in [1.807, 2.05) is 18.2 Å². The van der Waals surface area contributed by atoms with Crippen LogP contribution in [0.5, 0.6) is 0 Å². The minimum absolute atomic E-state index is 0.466. The van der Waals surface area contributed by atoms with Crippen LogP contribution in [0.2, 0.25) is 0 Å². The Morgan fingerprint density at radius 1 is 1.11 bits per heavy atom. The molecule has 1 aliphatic rings. The summed E-state index contributed by atoms with van der Waals surface area (Å²) in [6, 6.07) is 12.5. The van der Waals surface area contributed by atoms with Crippen molar-refractivity contribution in [1.82, 2.24) is 0 Å². The van der Waals surface area contributed by atoms with E-state index >= 15 is 0 Å². The Hall–Kier alpha value is -2.33. The summed E-state index contributed by atoms with van der Waals surface area (Å²) in [6.45, 7) is 0. The average molecular weight is 256 g/mol. The minimum atomic E-state index is -0.913. The number of aliphatic hydroxyl groups excluding tert-OH is 1. The zero-order valence-electron chi connectivity index (χ0n) is 10.0. The Balaban J connectivity index is 1.92. The van der Waals surface area contributed by atoms with Gasteiger partial charge < -0.3 is 14.3 Å². The van der Waals surface area contributed by atoms with E-state index < -0.39 is 18.2 Å². The first kappa shape index (κ1) is 11.7. The fraction of sp³-hybridized carbons (Fsp3) is 0.133. The van der Waals surface area contributed by atoms with E-state index in [-0.39, 0.29) is 0 Å². The highest BCUT2D eigenvalue weighted by molar-refractivity contribution is 5.96. The highest BCUT2D eigenvalue weighted by Crippen LogP contribution is 2.34. The second-order valence-electron chi connectivity index (χ2n) is 4.29. The predicted octanol–water partition coefficient (Wildman–Crippen LogP) is 2.32. The topological polar surface area (TPSA) is 59.7 Å². The molecule has 4 nitrogen and oxygen atoms in total. The second kappa shape index (κ2) is 4.74. The molecular formula is C15H12O4. The highest BCUT2D eigenvalue weighted by Gasteiger charge is 2.35. The number of cyclic esters (lactones) is 1. The molecule has 2 heterocycles. The van der Waals surface area contributed by atoms with Gasteiger partial charge in [0, 0.05) is 11.6 Å². The van der Waals surface area contributed by atoms with Gasteiger partial charge in [0.05, 0.1) is 6.26 Å². The van der Waals surface area contributed by atoms with Crippen molar-refractivity contribution in [1.29, 1.82) is 0 Å². The molecule has 0 unspecified atom stereocenters. The summed E-state index contributed by atoms with van der Waals surface area (Å²) < 4.78 is 10.4. The van der Waals surface area contributed by atoms with Crippen molar-refractivity contribution in [3.8, 4) is 0 Å². The molecule has 1 aromatic heterocycles. The molecule has 2 atom stereocenters. The van der Waals surface area contributed by atoms with Crippen molar-refractivity contribution >= 4 is 11.5 Å². The lowest BCUT2D eigenvalue weighted by Crippen LogP contribution is -2.21. The normalized spacial score (nSPS) is 19.9. The van der Waals surface area contributed by atoms with Gasteiger partial charge in [0.15, 0.2) is 6.10 Å². The van der Waals surface area contributed by atoms with Gasteiger partial charge in [0.1, 0.15) is 11.9 Å². The van der Waals surface area contributed by atoms with Gasteiger partial charge in [-0.3, -0.25) is 0 Å². The molecule has 0 bridgehead atoms. The van der Waals surface area contributed by atoms with Crippen LogP contribution in [0.25, 0.3) is 5.57 Å². The molecule has 2 aromatic rings. The van der Waals surface area contributed by atoms with Crippen LogP contribution in [-0.2, 0) is 9.53 Å². The van der Waals surface area contributed by atoms with Crippen LogP contribution in [-0.4, -0.2) is 17.2 Å². The van der Waals surface area contributed by atoms with Crippen LogP contribution in [0, 0.1) is 0 Å². The number of hydrogen-bond acceptors (Lipinski definition) is 4. The molecule has 19 heavy (non-hydrogen) atoms. The third kappa shape index (κ3) is 2.18. The molecule has 0 fully saturated rings. The van der Waals surface area contributed by atoms with Gasteiger partial charge in [0.2, 0.25) is 0 Å². The van der Waals surface area contributed by atoms with E-state index in [9.17, 15) is 9.90 Å². The van der Waals surface area contributed by atoms with Crippen LogP contribution in [0.15, 0.2) is 59.2 Å². The van der Waals surface area contributed by atoms with Gasteiger partial charge in [-0.15, -0.1) is 0 Å². The Kier molecular flexibility index (Phi) is 2.93. The van der Waals surface area contributed by atoms with Gasteiger partial charge >= 0.3 is 5.97 Å². The average Bonchev–Trinajstić information content (AvgIpc) is 3.07. The number of benzene rings is 1. The van der Waals surface area contributed by atoms with Crippen molar-refractivity contribution in [3.05, 3.63) is 66.1 Å². The summed E-state index contributed by atoms with van der Waals surface area (Å²) in [5, 5.41) is 10.3. The number of furan rings is 1. The molecule has 4 heteroatoms. The standard InChI is InChI=1S/C15H12O4/c16-13-9-11(12-7-4-8-18-12)15(19-13)14(17)10-5-2-1-3-6-10/h1-9,14-15,17H/t14-,15+/m1/s1. The molecule has 1 aliphatic heterocycles. The SMILES string of the molecule is O=C1C=C(c2ccco2)[C@@H]([C@H](O)c2ccccc2)O1. The highest BCUT2D eigenvalue weighted by atomic mass is 16.6. The van der Waals surface area contributed by atoms with E-state index in [2.05, 4.69) is 0 Å².